The average Bonchev–Trinajstić information content (AvgIpc) is 3.91. The van der Waals surface area contributed by atoms with Crippen LogP contribution in [-0.4, -0.2) is 117 Å². The van der Waals surface area contributed by atoms with Crippen molar-refractivity contribution in [1.29, 1.82) is 0 Å². The molecule has 0 saturated carbocycles. The highest BCUT2D eigenvalue weighted by Crippen LogP contribution is 2.29. The molecule has 1 aromatic heterocycles. The average molecular weight is 706 g/mol. The van der Waals surface area contributed by atoms with Crippen molar-refractivity contribution in [3.8, 4) is 22.8 Å². The molecule has 5 rings (SSSR count). The molecule has 2 N–H and O–H groups in total. The number of anilines is 2. The Morgan fingerprint density at radius 2 is 1.18 bits per heavy atom. The highest BCUT2D eigenvalue weighted by molar-refractivity contribution is 5.92. The number of amides is 4. The molecular weight excluding hydrogens is 658 g/mol. The van der Waals surface area contributed by atoms with Gasteiger partial charge in [0, 0.05) is 74.7 Å². The van der Waals surface area contributed by atoms with E-state index in [0.717, 1.165) is 36.8 Å². The first-order valence-electron chi connectivity index (χ1n) is 17.3. The van der Waals surface area contributed by atoms with Crippen molar-refractivity contribution in [2.45, 2.75) is 50.6 Å². The summed E-state index contributed by atoms with van der Waals surface area (Å²) in [6, 6.07) is 14.2. The number of hydrogen-bond donors (Lipinski definition) is 2. The third-order valence-electron chi connectivity index (χ3n) is 8.93. The number of likely N-dealkylation sites (tertiary alicyclic amines) is 2. The second-order valence-corrected chi connectivity index (χ2v) is 12.5. The van der Waals surface area contributed by atoms with Crippen LogP contribution in [0, 0.1) is 0 Å². The van der Waals surface area contributed by atoms with Crippen LogP contribution in [-0.2, 0) is 38.1 Å². The first-order valence-corrected chi connectivity index (χ1v) is 17.3. The molecule has 0 bridgehead atoms. The lowest BCUT2D eigenvalue weighted by atomic mass is 10.1. The van der Waals surface area contributed by atoms with Crippen LogP contribution in [0.2, 0.25) is 0 Å². The van der Waals surface area contributed by atoms with Gasteiger partial charge in [0.1, 0.15) is 13.2 Å². The fourth-order valence-electron chi connectivity index (χ4n) is 6.33. The van der Waals surface area contributed by atoms with Crippen molar-refractivity contribution < 1.29 is 42.5 Å². The molecule has 3 aromatic rings. The van der Waals surface area contributed by atoms with Crippen LogP contribution in [0.5, 0.6) is 0 Å². The van der Waals surface area contributed by atoms with Gasteiger partial charge in [0.05, 0.1) is 32.6 Å². The van der Waals surface area contributed by atoms with Crippen molar-refractivity contribution >= 4 is 35.0 Å². The van der Waals surface area contributed by atoms with E-state index in [-0.39, 0.29) is 61.8 Å². The molecule has 2 fully saturated rings. The van der Waals surface area contributed by atoms with E-state index in [1.807, 2.05) is 24.3 Å². The minimum Gasteiger partial charge on any atom is -0.436 e. The minimum atomic E-state index is -0.166. The molecule has 2 saturated heterocycles. The zero-order chi connectivity index (χ0) is 36.0. The molecule has 2 atom stereocenters. The first kappa shape index (κ1) is 37.6. The van der Waals surface area contributed by atoms with E-state index >= 15 is 0 Å². The number of carbonyl (C=O) groups is 4. The fraction of sp³-hybridized carbons (Fsp3) is 0.486. The maximum Gasteiger partial charge on any atom is 0.248 e. The van der Waals surface area contributed by atoms with E-state index in [2.05, 4.69) is 15.6 Å². The molecule has 0 radical (unpaired) electrons. The molecule has 4 amide bonds. The lowest BCUT2D eigenvalue weighted by Crippen LogP contribution is -2.40. The van der Waals surface area contributed by atoms with Crippen LogP contribution in [0.4, 0.5) is 11.4 Å². The van der Waals surface area contributed by atoms with Crippen LogP contribution in [0.15, 0.2) is 59.1 Å². The van der Waals surface area contributed by atoms with Gasteiger partial charge in [-0.3, -0.25) is 19.2 Å². The largest absolute Gasteiger partial charge is 0.436 e. The van der Waals surface area contributed by atoms with Crippen molar-refractivity contribution in [2.75, 3.05) is 77.6 Å². The number of oxazole rings is 1. The summed E-state index contributed by atoms with van der Waals surface area (Å²) in [7, 11) is 3.15. The van der Waals surface area contributed by atoms with Crippen LogP contribution in [0.25, 0.3) is 22.8 Å². The van der Waals surface area contributed by atoms with Gasteiger partial charge in [0.2, 0.25) is 29.5 Å². The van der Waals surface area contributed by atoms with Gasteiger partial charge in [0.15, 0.2) is 5.76 Å². The second kappa shape index (κ2) is 19.1. The Kier molecular flexibility index (Phi) is 14.1. The highest BCUT2D eigenvalue weighted by atomic mass is 16.5. The van der Waals surface area contributed by atoms with Crippen LogP contribution in [0.1, 0.15) is 38.5 Å². The number of ether oxygens (including phenoxy) is 4. The summed E-state index contributed by atoms with van der Waals surface area (Å²) in [5, 5.41) is 5.85. The monoisotopic (exact) mass is 705 g/mol. The number of carbonyl (C=O) groups excluding carboxylic acids is 4. The van der Waals surface area contributed by atoms with Gasteiger partial charge in [-0.05, 0) is 74.2 Å². The summed E-state index contributed by atoms with van der Waals surface area (Å²) in [5.41, 5.74) is 2.80. The molecule has 0 spiro atoms. The topological polar surface area (TPSA) is 162 Å². The Morgan fingerprint density at radius 3 is 1.65 bits per heavy atom. The molecule has 3 heterocycles. The summed E-state index contributed by atoms with van der Waals surface area (Å²) in [4.78, 5) is 58.7. The van der Waals surface area contributed by atoms with Gasteiger partial charge >= 0.3 is 0 Å². The maximum absolute atomic E-state index is 12.8. The van der Waals surface area contributed by atoms with Crippen molar-refractivity contribution in [2.24, 2.45) is 0 Å². The number of rotatable bonds is 18. The number of hydrogen-bond acceptors (Lipinski definition) is 10. The molecule has 0 unspecified atom stereocenters. The molecule has 2 aliphatic rings. The van der Waals surface area contributed by atoms with E-state index in [4.69, 9.17) is 23.4 Å². The quantitative estimate of drug-likeness (QED) is 0.185. The summed E-state index contributed by atoms with van der Waals surface area (Å²) in [6.45, 7) is 2.74. The SMILES string of the molecule is COCCOCC(=O)N1CCC[C@H]1CC(=O)Nc1ccc(-c2cnc(-c3ccc(NC(=O)C[C@@H]4CCCN4C(=O)COCCOC)cc3)o2)cc1. The standard InChI is InChI=1S/C37H47N5O9/c1-47-17-19-49-24-35(45)41-15-3-5-30(41)21-33(43)39-28-11-7-26(8-12-28)32-23-38-37(51-32)27-9-13-29(14-10-27)40-34(44)22-31-6-4-16-42(31)36(46)25-50-20-18-48-2/h7-14,23,30-31H,3-6,15-22,24-25H2,1-2H3,(H,39,43)(H,40,44)/t30-,31-/m0/s1. The maximum atomic E-state index is 12.8. The molecule has 2 aromatic carbocycles. The molecule has 51 heavy (non-hydrogen) atoms. The molecule has 274 valence electrons. The second-order valence-electron chi connectivity index (χ2n) is 12.5. The summed E-state index contributed by atoms with van der Waals surface area (Å²) in [5.74, 6) is 0.432. The van der Waals surface area contributed by atoms with E-state index in [1.54, 1.807) is 54.5 Å². The lowest BCUT2D eigenvalue weighted by Gasteiger charge is -2.24. The van der Waals surface area contributed by atoms with Crippen LogP contribution in [0.3, 0.4) is 0 Å². The molecule has 14 heteroatoms. The third kappa shape index (κ3) is 10.9. The molecule has 14 nitrogen and oxygen atoms in total. The van der Waals surface area contributed by atoms with Crippen molar-refractivity contribution in [1.82, 2.24) is 14.8 Å². The molecule has 0 aliphatic carbocycles. The fourth-order valence-corrected chi connectivity index (χ4v) is 6.33. The zero-order valence-corrected chi connectivity index (χ0v) is 29.3. The summed E-state index contributed by atoms with van der Waals surface area (Å²) >= 11 is 0. The van der Waals surface area contributed by atoms with Gasteiger partial charge in [-0.1, -0.05) is 0 Å². The predicted molar refractivity (Wildman–Crippen MR) is 189 cm³/mol. The Labute approximate surface area is 297 Å². The van der Waals surface area contributed by atoms with Crippen LogP contribution >= 0.6 is 0 Å². The summed E-state index contributed by atoms with van der Waals surface area (Å²) < 4.78 is 26.7. The Hall–Kier alpha value is -4.63. The zero-order valence-electron chi connectivity index (χ0n) is 29.3. The number of methoxy groups -OCH3 is 2. The van der Waals surface area contributed by atoms with Crippen molar-refractivity contribution in [3.63, 3.8) is 0 Å². The predicted octanol–water partition coefficient (Wildman–Crippen LogP) is 3.97. The lowest BCUT2D eigenvalue weighted by molar-refractivity contribution is -0.138. The smallest absolute Gasteiger partial charge is 0.248 e. The van der Waals surface area contributed by atoms with Gasteiger partial charge in [0.25, 0.3) is 0 Å². The number of nitrogens with zero attached hydrogens (tertiary/aromatic N) is 3. The van der Waals surface area contributed by atoms with Gasteiger partial charge in [-0.15, -0.1) is 0 Å². The van der Waals surface area contributed by atoms with E-state index in [0.29, 0.717) is 62.5 Å². The Morgan fingerprint density at radius 1 is 0.706 bits per heavy atom. The molecule has 2 aliphatic heterocycles. The summed E-state index contributed by atoms with van der Waals surface area (Å²) in [6.07, 6.45) is 5.32. The normalized spacial score (nSPS) is 17.1. The van der Waals surface area contributed by atoms with Crippen LogP contribution < -0.4 is 10.6 Å². The Balaban J connectivity index is 1.08. The number of nitrogens with one attached hydrogen (secondary N) is 2. The third-order valence-corrected chi connectivity index (χ3v) is 8.93. The number of benzene rings is 2. The molecular formula is C37H47N5O9. The van der Waals surface area contributed by atoms with Gasteiger partial charge < -0.3 is 43.8 Å². The first-order chi connectivity index (χ1) is 24.8. The van der Waals surface area contributed by atoms with Gasteiger partial charge in [-0.2, -0.15) is 0 Å². The van der Waals surface area contributed by atoms with Gasteiger partial charge in [-0.25, -0.2) is 4.98 Å². The van der Waals surface area contributed by atoms with E-state index < -0.39 is 0 Å². The number of aromatic nitrogens is 1. The van der Waals surface area contributed by atoms with E-state index in [9.17, 15) is 19.2 Å². The van der Waals surface area contributed by atoms with E-state index in [1.165, 1.54) is 0 Å². The highest BCUT2D eigenvalue weighted by Gasteiger charge is 2.31. The van der Waals surface area contributed by atoms with Crippen molar-refractivity contribution in [3.05, 3.63) is 54.7 Å². The Bertz CT molecular complexity index is 1480. The minimum absolute atomic E-state index is 0.0197.